The highest BCUT2D eigenvalue weighted by molar-refractivity contribution is 7.99. The molecule has 5 rings (SSSR count). The number of rotatable bonds is 10. The van der Waals surface area contributed by atoms with E-state index in [0.29, 0.717) is 12.4 Å². The summed E-state index contributed by atoms with van der Waals surface area (Å²) in [6.45, 7) is 6.16. The fraction of sp³-hybridized carbons (Fsp3) is 0.194. The molecule has 3 aromatic heterocycles. The molecule has 194 valence electrons. The molecule has 0 saturated carbocycles. The summed E-state index contributed by atoms with van der Waals surface area (Å²) in [5.41, 5.74) is 4.19. The highest BCUT2D eigenvalue weighted by atomic mass is 32.2. The first-order chi connectivity index (χ1) is 18.5. The number of benzene rings is 2. The summed E-state index contributed by atoms with van der Waals surface area (Å²) < 4.78 is 16.9. The van der Waals surface area contributed by atoms with Crippen LogP contribution in [0.2, 0.25) is 0 Å². The van der Waals surface area contributed by atoms with Gasteiger partial charge in [-0.2, -0.15) is 0 Å². The summed E-state index contributed by atoms with van der Waals surface area (Å²) in [5, 5.41) is 3.20. The Hall–Kier alpha value is -3.26. The molecule has 0 radical (unpaired) electrons. The molecule has 38 heavy (non-hydrogen) atoms. The lowest BCUT2D eigenvalue weighted by atomic mass is 10.1. The SMILES string of the molecule is CCOC(=O)COc1ccc(SCC=C(c2cc3cc(-c4ccc(C)s4)ccc3o2)c2cccs2)cc1C. The fourth-order valence-corrected chi connectivity index (χ4v) is 6.61. The van der Waals surface area contributed by atoms with E-state index in [1.807, 2.05) is 19.1 Å². The smallest absolute Gasteiger partial charge is 0.344 e. The van der Waals surface area contributed by atoms with E-state index in [2.05, 4.69) is 73.0 Å². The Labute approximate surface area is 234 Å². The Bertz CT molecular complexity index is 1570. The van der Waals surface area contributed by atoms with Crippen molar-refractivity contribution in [3.05, 3.63) is 99.3 Å². The predicted molar refractivity (Wildman–Crippen MR) is 160 cm³/mol. The summed E-state index contributed by atoms with van der Waals surface area (Å²) in [5.74, 6) is 1.99. The van der Waals surface area contributed by atoms with E-state index >= 15 is 0 Å². The summed E-state index contributed by atoms with van der Waals surface area (Å²) >= 11 is 5.26. The normalized spacial score (nSPS) is 11.7. The molecule has 0 atom stereocenters. The number of aryl methyl sites for hydroxylation is 2. The van der Waals surface area contributed by atoms with Crippen LogP contribution in [-0.4, -0.2) is 24.9 Å². The molecule has 0 amide bonds. The van der Waals surface area contributed by atoms with E-state index in [4.69, 9.17) is 13.9 Å². The van der Waals surface area contributed by atoms with Crippen molar-refractivity contribution < 1.29 is 18.7 Å². The zero-order valence-corrected chi connectivity index (χ0v) is 23.9. The van der Waals surface area contributed by atoms with Crippen LogP contribution in [0.4, 0.5) is 0 Å². The second kappa shape index (κ2) is 12.1. The van der Waals surface area contributed by atoms with Gasteiger partial charge in [0, 0.05) is 36.2 Å². The van der Waals surface area contributed by atoms with E-state index in [1.165, 1.54) is 20.2 Å². The number of carbonyl (C=O) groups is 1. The third-order valence-electron chi connectivity index (χ3n) is 5.93. The lowest BCUT2D eigenvalue weighted by Gasteiger charge is -2.10. The first kappa shape index (κ1) is 26.4. The first-order valence-electron chi connectivity index (χ1n) is 12.4. The number of ether oxygens (including phenoxy) is 2. The Morgan fingerprint density at radius 3 is 2.68 bits per heavy atom. The average Bonchev–Trinajstić information content (AvgIpc) is 3.67. The van der Waals surface area contributed by atoms with E-state index in [9.17, 15) is 4.79 Å². The van der Waals surface area contributed by atoms with Crippen molar-refractivity contribution >= 4 is 56.9 Å². The molecule has 0 spiro atoms. The summed E-state index contributed by atoms with van der Waals surface area (Å²) in [4.78, 5) is 16.5. The van der Waals surface area contributed by atoms with E-state index < -0.39 is 0 Å². The maximum atomic E-state index is 11.6. The van der Waals surface area contributed by atoms with E-state index in [0.717, 1.165) is 38.5 Å². The number of esters is 1. The second-order valence-electron chi connectivity index (χ2n) is 8.70. The van der Waals surface area contributed by atoms with Crippen LogP contribution in [0, 0.1) is 13.8 Å². The van der Waals surface area contributed by atoms with Crippen LogP contribution in [0.3, 0.4) is 0 Å². The molecule has 3 heterocycles. The van der Waals surface area contributed by atoms with Crippen molar-refractivity contribution in [2.24, 2.45) is 0 Å². The van der Waals surface area contributed by atoms with Gasteiger partial charge in [0.2, 0.25) is 0 Å². The number of hydrogen-bond donors (Lipinski definition) is 0. The number of furan rings is 1. The molecule has 4 nitrogen and oxygen atoms in total. The Morgan fingerprint density at radius 1 is 1.05 bits per heavy atom. The van der Waals surface area contributed by atoms with Gasteiger partial charge in [0.05, 0.1) is 6.61 Å². The van der Waals surface area contributed by atoms with Gasteiger partial charge in [0.25, 0.3) is 0 Å². The first-order valence-corrected chi connectivity index (χ1v) is 15.0. The largest absolute Gasteiger partial charge is 0.482 e. The monoisotopic (exact) mass is 560 g/mol. The lowest BCUT2D eigenvalue weighted by molar-refractivity contribution is -0.145. The van der Waals surface area contributed by atoms with Crippen LogP contribution >= 0.6 is 34.4 Å². The molecule has 0 N–H and O–H groups in total. The molecule has 0 aliphatic carbocycles. The highest BCUT2D eigenvalue weighted by Crippen LogP contribution is 2.36. The fourth-order valence-electron chi connectivity index (χ4n) is 4.11. The second-order valence-corrected chi connectivity index (χ2v) is 12.0. The molecule has 0 bridgehead atoms. The van der Waals surface area contributed by atoms with Crippen LogP contribution in [-0.2, 0) is 9.53 Å². The molecule has 2 aromatic carbocycles. The van der Waals surface area contributed by atoms with Gasteiger partial charge in [-0.25, -0.2) is 4.79 Å². The average molecular weight is 561 g/mol. The number of carbonyl (C=O) groups excluding carboxylic acids is 1. The number of thioether (sulfide) groups is 1. The quantitative estimate of drug-likeness (QED) is 0.126. The molecule has 0 saturated heterocycles. The maximum absolute atomic E-state index is 11.6. The Balaban J connectivity index is 1.33. The highest BCUT2D eigenvalue weighted by Gasteiger charge is 2.14. The van der Waals surface area contributed by atoms with Crippen molar-refractivity contribution in [2.75, 3.05) is 19.0 Å². The molecule has 5 aromatic rings. The van der Waals surface area contributed by atoms with Gasteiger partial charge in [0.15, 0.2) is 6.61 Å². The van der Waals surface area contributed by atoms with Crippen molar-refractivity contribution in [3.63, 3.8) is 0 Å². The van der Waals surface area contributed by atoms with Gasteiger partial charge < -0.3 is 13.9 Å². The standard InChI is InChI=1S/C31H28O4S3/c1-4-33-31(32)19-34-26-11-9-24(16-20(26)2)36-15-13-25(30-6-5-14-37-30)28-18-23-17-22(8-10-27(23)35-28)29-12-7-21(3)38-29/h5-14,16-18H,4,15,19H2,1-3H3. The summed E-state index contributed by atoms with van der Waals surface area (Å²) in [6, 6.07) is 23.1. The van der Waals surface area contributed by atoms with Crippen molar-refractivity contribution in [3.8, 4) is 16.2 Å². The van der Waals surface area contributed by atoms with Crippen molar-refractivity contribution in [2.45, 2.75) is 25.7 Å². The van der Waals surface area contributed by atoms with Crippen LogP contribution in [0.1, 0.15) is 28.0 Å². The van der Waals surface area contributed by atoms with E-state index in [-0.39, 0.29) is 12.6 Å². The van der Waals surface area contributed by atoms with Crippen molar-refractivity contribution in [1.29, 1.82) is 0 Å². The molecule has 7 heteroatoms. The molecule has 0 fully saturated rings. The third kappa shape index (κ3) is 6.23. The van der Waals surface area contributed by atoms with Crippen molar-refractivity contribution in [1.82, 2.24) is 0 Å². The van der Waals surface area contributed by atoms with Gasteiger partial charge in [-0.3, -0.25) is 0 Å². The number of fused-ring (bicyclic) bond motifs is 1. The van der Waals surface area contributed by atoms with Gasteiger partial charge in [0.1, 0.15) is 17.1 Å². The zero-order chi connectivity index (χ0) is 26.5. The Morgan fingerprint density at radius 2 is 1.95 bits per heavy atom. The number of thiophene rings is 2. The van der Waals surface area contributed by atoms with Gasteiger partial charge in [-0.15, -0.1) is 34.4 Å². The molecular formula is C31H28O4S3. The molecule has 0 aliphatic heterocycles. The summed E-state index contributed by atoms with van der Waals surface area (Å²) in [6.07, 6.45) is 2.23. The Kier molecular flexibility index (Phi) is 8.37. The molecule has 0 unspecified atom stereocenters. The van der Waals surface area contributed by atoms with Crippen LogP contribution in [0.15, 0.2) is 87.5 Å². The van der Waals surface area contributed by atoms with Crippen LogP contribution in [0.5, 0.6) is 5.75 Å². The van der Waals surface area contributed by atoms with E-state index in [1.54, 1.807) is 41.4 Å². The van der Waals surface area contributed by atoms with Gasteiger partial charge >= 0.3 is 5.97 Å². The summed E-state index contributed by atoms with van der Waals surface area (Å²) in [7, 11) is 0. The predicted octanol–water partition coefficient (Wildman–Crippen LogP) is 9.01. The minimum absolute atomic E-state index is 0.0833. The molecule has 0 aliphatic rings. The number of hydrogen-bond acceptors (Lipinski definition) is 7. The zero-order valence-electron chi connectivity index (χ0n) is 21.5. The van der Waals surface area contributed by atoms with Crippen LogP contribution < -0.4 is 4.74 Å². The van der Waals surface area contributed by atoms with Gasteiger partial charge in [-0.05, 0) is 97.9 Å². The molecular weight excluding hydrogens is 533 g/mol. The van der Waals surface area contributed by atoms with Crippen LogP contribution in [0.25, 0.3) is 27.0 Å². The third-order valence-corrected chi connectivity index (χ3v) is 8.80. The van der Waals surface area contributed by atoms with Gasteiger partial charge in [-0.1, -0.05) is 12.1 Å². The maximum Gasteiger partial charge on any atom is 0.344 e. The minimum Gasteiger partial charge on any atom is -0.482 e. The lowest BCUT2D eigenvalue weighted by Crippen LogP contribution is -2.14. The topological polar surface area (TPSA) is 48.7 Å². The minimum atomic E-state index is -0.361.